The Morgan fingerprint density at radius 3 is 2.35 bits per heavy atom. The zero-order valence-corrected chi connectivity index (χ0v) is 14.0. The van der Waals surface area contributed by atoms with Gasteiger partial charge in [-0.15, -0.1) is 0 Å². The number of carbonyl (C=O) groups is 1. The summed E-state index contributed by atoms with van der Waals surface area (Å²) in [6, 6.07) is 15.9. The van der Waals surface area contributed by atoms with E-state index in [9.17, 15) is 4.79 Å². The van der Waals surface area contributed by atoms with Crippen LogP contribution in [0.15, 0.2) is 48.5 Å². The van der Waals surface area contributed by atoms with E-state index in [4.69, 9.17) is 4.74 Å². The number of carbonyl (C=O) groups excluding carboxylic acids is 1. The molecule has 2 rings (SSSR count). The molecule has 0 saturated carbocycles. The van der Waals surface area contributed by atoms with Crippen molar-refractivity contribution >= 4 is 6.03 Å². The van der Waals surface area contributed by atoms with E-state index >= 15 is 0 Å². The standard InChI is InChI=1S/C19H24N2O2/c1-15-8-7-9-16(2)18(15)23-13-12-20-19(22)21(3)14-17-10-5-4-6-11-17/h4-11H,12-14H2,1-3H3,(H,20,22). The number of para-hydroxylation sites is 1. The molecule has 2 aromatic carbocycles. The molecule has 0 radical (unpaired) electrons. The van der Waals surface area contributed by atoms with Crippen LogP contribution < -0.4 is 10.1 Å². The van der Waals surface area contributed by atoms with Crippen molar-refractivity contribution in [2.24, 2.45) is 0 Å². The number of aryl methyl sites for hydroxylation is 2. The summed E-state index contributed by atoms with van der Waals surface area (Å²) in [5, 5.41) is 2.87. The molecule has 0 aliphatic carbocycles. The predicted octanol–water partition coefficient (Wildman–Crippen LogP) is 3.52. The zero-order chi connectivity index (χ0) is 16.7. The van der Waals surface area contributed by atoms with Gasteiger partial charge in [-0.05, 0) is 30.5 Å². The van der Waals surface area contributed by atoms with Gasteiger partial charge in [0.25, 0.3) is 0 Å². The highest BCUT2D eigenvalue weighted by Crippen LogP contribution is 2.21. The third-order valence-corrected chi connectivity index (χ3v) is 3.64. The number of amides is 2. The smallest absolute Gasteiger partial charge is 0.317 e. The minimum Gasteiger partial charge on any atom is -0.491 e. The molecule has 0 aliphatic heterocycles. The van der Waals surface area contributed by atoms with Crippen LogP contribution in [0, 0.1) is 13.8 Å². The summed E-state index contributed by atoms with van der Waals surface area (Å²) in [5.41, 5.74) is 3.33. The molecule has 0 saturated heterocycles. The van der Waals surface area contributed by atoms with Gasteiger partial charge in [0.05, 0.1) is 6.54 Å². The van der Waals surface area contributed by atoms with Gasteiger partial charge in [0.2, 0.25) is 0 Å². The topological polar surface area (TPSA) is 41.6 Å². The van der Waals surface area contributed by atoms with Crippen LogP contribution in [0.25, 0.3) is 0 Å². The molecule has 0 bridgehead atoms. The first-order chi connectivity index (χ1) is 11.1. The quantitative estimate of drug-likeness (QED) is 0.829. The second kappa shape index (κ2) is 8.22. The van der Waals surface area contributed by atoms with Crippen LogP contribution in [0.4, 0.5) is 4.79 Å². The maximum Gasteiger partial charge on any atom is 0.317 e. The summed E-state index contributed by atoms with van der Waals surface area (Å²) in [5.74, 6) is 0.902. The number of rotatable bonds is 6. The van der Waals surface area contributed by atoms with Crippen LogP contribution >= 0.6 is 0 Å². The zero-order valence-electron chi connectivity index (χ0n) is 14.0. The lowest BCUT2D eigenvalue weighted by Gasteiger charge is -2.18. The van der Waals surface area contributed by atoms with Gasteiger partial charge >= 0.3 is 6.03 Å². The highest BCUT2D eigenvalue weighted by Gasteiger charge is 2.08. The number of nitrogens with zero attached hydrogens (tertiary/aromatic N) is 1. The molecule has 0 fully saturated rings. The second-order valence-corrected chi connectivity index (χ2v) is 5.64. The monoisotopic (exact) mass is 312 g/mol. The molecule has 1 N–H and O–H groups in total. The molecule has 2 aromatic rings. The molecule has 0 aliphatic rings. The van der Waals surface area contributed by atoms with Gasteiger partial charge in [0, 0.05) is 13.6 Å². The number of urea groups is 1. The molecule has 0 aromatic heterocycles. The Kier molecular flexibility index (Phi) is 6.03. The highest BCUT2D eigenvalue weighted by atomic mass is 16.5. The van der Waals surface area contributed by atoms with Crippen molar-refractivity contribution in [3.8, 4) is 5.75 Å². The Balaban J connectivity index is 1.74. The first kappa shape index (κ1) is 16.9. The lowest BCUT2D eigenvalue weighted by atomic mass is 10.1. The minimum absolute atomic E-state index is 0.0982. The lowest BCUT2D eigenvalue weighted by molar-refractivity contribution is 0.203. The minimum atomic E-state index is -0.0982. The first-order valence-electron chi connectivity index (χ1n) is 7.80. The summed E-state index contributed by atoms with van der Waals surface area (Å²) >= 11 is 0. The summed E-state index contributed by atoms with van der Waals surface area (Å²) in [7, 11) is 1.79. The molecule has 0 heterocycles. The molecular weight excluding hydrogens is 288 g/mol. The van der Waals surface area contributed by atoms with Crippen molar-refractivity contribution in [3.05, 3.63) is 65.2 Å². The van der Waals surface area contributed by atoms with Crippen LogP contribution in [-0.4, -0.2) is 31.1 Å². The highest BCUT2D eigenvalue weighted by molar-refractivity contribution is 5.73. The van der Waals surface area contributed by atoms with Gasteiger partial charge < -0.3 is 15.0 Å². The van der Waals surface area contributed by atoms with Gasteiger partial charge in [0.15, 0.2) is 0 Å². The summed E-state index contributed by atoms with van der Waals surface area (Å²) in [6.07, 6.45) is 0. The second-order valence-electron chi connectivity index (χ2n) is 5.64. The largest absolute Gasteiger partial charge is 0.491 e. The van der Waals surface area contributed by atoms with Crippen molar-refractivity contribution < 1.29 is 9.53 Å². The van der Waals surface area contributed by atoms with Crippen LogP contribution in [-0.2, 0) is 6.54 Å². The number of benzene rings is 2. The van der Waals surface area contributed by atoms with Crippen LogP contribution in [0.3, 0.4) is 0 Å². The molecule has 0 atom stereocenters. The Bertz CT molecular complexity index is 621. The van der Waals surface area contributed by atoms with E-state index in [1.807, 2.05) is 62.4 Å². The van der Waals surface area contributed by atoms with Gasteiger partial charge in [-0.1, -0.05) is 48.5 Å². The SMILES string of the molecule is Cc1cccc(C)c1OCCNC(=O)N(C)Cc1ccccc1. The average molecular weight is 312 g/mol. The van der Waals surface area contributed by atoms with Crippen molar-refractivity contribution in [3.63, 3.8) is 0 Å². The molecule has 2 amide bonds. The fourth-order valence-electron chi connectivity index (χ4n) is 2.40. The number of ether oxygens (including phenoxy) is 1. The van der Waals surface area contributed by atoms with E-state index < -0.39 is 0 Å². The normalized spacial score (nSPS) is 10.2. The Hall–Kier alpha value is -2.49. The number of nitrogens with one attached hydrogen (secondary N) is 1. The molecule has 23 heavy (non-hydrogen) atoms. The summed E-state index contributed by atoms with van der Waals surface area (Å²) in [6.45, 7) is 5.57. The van der Waals surface area contributed by atoms with Gasteiger partial charge in [-0.3, -0.25) is 0 Å². The lowest BCUT2D eigenvalue weighted by Crippen LogP contribution is -2.38. The van der Waals surface area contributed by atoms with Crippen molar-refractivity contribution in [2.75, 3.05) is 20.2 Å². The predicted molar refractivity (Wildman–Crippen MR) is 92.7 cm³/mol. The maximum atomic E-state index is 12.1. The van der Waals surface area contributed by atoms with E-state index in [1.165, 1.54) is 0 Å². The van der Waals surface area contributed by atoms with Crippen molar-refractivity contribution in [1.82, 2.24) is 10.2 Å². The molecule has 4 heteroatoms. The van der Waals surface area contributed by atoms with Crippen LogP contribution in [0.5, 0.6) is 5.75 Å². The Morgan fingerprint density at radius 2 is 1.70 bits per heavy atom. The van der Waals surface area contributed by atoms with Crippen molar-refractivity contribution in [2.45, 2.75) is 20.4 Å². The van der Waals surface area contributed by atoms with Gasteiger partial charge in [-0.2, -0.15) is 0 Å². The Morgan fingerprint density at radius 1 is 1.04 bits per heavy atom. The molecule has 0 unspecified atom stereocenters. The first-order valence-corrected chi connectivity index (χ1v) is 7.80. The Labute approximate surface area is 138 Å². The summed E-state index contributed by atoms with van der Waals surface area (Å²) < 4.78 is 5.78. The van der Waals surface area contributed by atoms with Crippen LogP contribution in [0.2, 0.25) is 0 Å². The van der Waals surface area contributed by atoms with E-state index in [0.29, 0.717) is 19.7 Å². The van der Waals surface area contributed by atoms with E-state index in [2.05, 4.69) is 5.32 Å². The van der Waals surface area contributed by atoms with E-state index in [1.54, 1.807) is 11.9 Å². The third-order valence-electron chi connectivity index (χ3n) is 3.64. The molecule has 0 spiro atoms. The van der Waals surface area contributed by atoms with E-state index in [0.717, 1.165) is 22.4 Å². The van der Waals surface area contributed by atoms with E-state index in [-0.39, 0.29) is 6.03 Å². The molecular formula is C19H24N2O2. The van der Waals surface area contributed by atoms with Gasteiger partial charge in [-0.25, -0.2) is 4.79 Å². The van der Waals surface area contributed by atoms with Gasteiger partial charge in [0.1, 0.15) is 12.4 Å². The fourth-order valence-corrected chi connectivity index (χ4v) is 2.40. The summed E-state index contributed by atoms with van der Waals surface area (Å²) in [4.78, 5) is 13.7. The average Bonchev–Trinajstić information content (AvgIpc) is 2.54. The number of hydrogen-bond donors (Lipinski definition) is 1. The molecule has 122 valence electrons. The fraction of sp³-hybridized carbons (Fsp3) is 0.316. The third kappa shape index (κ3) is 5.02. The van der Waals surface area contributed by atoms with Crippen molar-refractivity contribution in [1.29, 1.82) is 0 Å². The number of hydrogen-bond acceptors (Lipinski definition) is 2. The van der Waals surface area contributed by atoms with Crippen LogP contribution in [0.1, 0.15) is 16.7 Å². The maximum absolute atomic E-state index is 12.1. The molecule has 4 nitrogen and oxygen atoms in total.